The minimum absolute atomic E-state index is 0.165. The smallest absolute Gasteiger partial charge is 0.363 e. The van der Waals surface area contributed by atoms with Crippen molar-refractivity contribution in [2.75, 3.05) is 27.4 Å². The van der Waals surface area contributed by atoms with Crippen molar-refractivity contribution in [2.24, 2.45) is 4.99 Å². The summed E-state index contributed by atoms with van der Waals surface area (Å²) >= 11 is 6.45. The van der Waals surface area contributed by atoms with Crippen molar-refractivity contribution >= 4 is 29.5 Å². The third-order valence-electron chi connectivity index (χ3n) is 4.85. The maximum Gasteiger partial charge on any atom is 0.363 e. The first-order valence-corrected chi connectivity index (χ1v) is 10.8. The van der Waals surface area contributed by atoms with Crippen LogP contribution in [0.25, 0.3) is 6.08 Å². The van der Waals surface area contributed by atoms with E-state index in [-0.39, 0.29) is 18.2 Å². The fourth-order valence-corrected chi connectivity index (χ4v) is 3.48. The molecule has 0 saturated carbocycles. The summed E-state index contributed by atoms with van der Waals surface area (Å²) in [5.74, 6) is 1.97. The van der Waals surface area contributed by atoms with Gasteiger partial charge in [-0.15, -0.1) is 0 Å². The molecule has 0 N–H and O–H groups in total. The average molecular weight is 480 g/mol. The van der Waals surface area contributed by atoms with Crippen LogP contribution in [0.2, 0.25) is 5.02 Å². The van der Waals surface area contributed by atoms with Crippen LogP contribution in [-0.2, 0) is 9.53 Å². The Kier molecular flexibility index (Phi) is 7.34. The molecule has 0 aromatic heterocycles. The molecule has 0 fully saturated rings. The molecule has 1 heterocycles. The third-order valence-corrected chi connectivity index (χ3v) is 5.14. The Labute approximate surface area is 202 Å². The molecule has 1 aliphatic rings. The summed E-state index contributed by atoms with van der Waals surface area (Å²) in [4.78, 5) is 16.6. The standard InChI is InChI=1S/C26H22ClNO6/c1-30-19-8-10-20(11-9-19)32-12-13-33-24-21(27)14-17(16-23(24)31-2)15-22-26(29)34-25(28-22)18-6-4-3-5-7-18/h3-11,14-16H,12-13H2,1-2H3. The number of hydrogen-bond acceptors (Lipinski definition) is 7. The highest BCUT2D eigenvalue weighted by molar-refractivity contribution is 6.32. The molecule has 0 amide bonds. The summed E-state index contributed by atoms with van der Waals surface area (Å²) < 4.78 is 27.3. The molecule has 4 rings (SSSR count). The van der Waals surface area contributed by atoms with E-state index in [9.17, 15) is 4.79 Å². The van der Waals surface area contributed by atoms with Crippen LogP contribution in [-0.4, -0.2) is 39.3 Å². The fourth-order valence-electron chi connectivity index (χ4n) is 3.21. The summed E-state index contributed by atoms with van der Waals surface area (Å²) in [6, 6.07) is 19.8. The number of aliphatic imine (C=N–C) groups is 1. The van der Waals surface area contributed by atoms with Gasteiger partial charge in [-0.1, -0.05) is 29.8 Å². The van der Waals surface area contributed by atoms with Crippen molar-refractivity contribution in [1.29, 1.82) is 0 Å². The quantitative estimate of drug-likeness (QED) is 0.240. The van der Waals surface area contributed by atoms with Crippen LogP contribution in [0.1, 0.15) is 11.1 Å². The Morgan fingerprint density at radius 3 is 2.32 bits per heavy atom. The van der Waals surface area contributed by atoms with Gasteiger partial charge in [0.15, 0.2) is 17.2 Å². The number of rotatable bonds is 9. The van der Waals surface area contributed by atoms with E-state index in [1.807, 2.05) is 54.6 Å². The summed E-state index contributed by atoms with van der Waals surface area (Å²) in [7, 11) is 3.12. The predicted molar refractivity (Wildman–Crippen MR) is 129 cm³/mol. The highest BCUT2D eigenvalue weighted by Crippen LogP contribution is 2.37. The van der Waals surface area contributed by atoms with E-state index in [2.05, 4.69) is 4.99 Å². The highest BCUT2D eigenvalue weighted by atomic mass is 35.5. The van der Waals surface area contributed by atoms with E-state index in [0.29, 0.717) is 34.4 Å². The van der Waals surface area contributed by atoms with E-state index < -0.39 is 5.97 Å². The number of nitrogens with zero attached hydrogens (tertiary/aromatic N) is 1. The molecule has 0 bridgehead atoms. The Morgan fingerprint density at radius 1 is 0.912 bits per heavy atom. The lowest BCUT2D eigenvalue weighted by Gasteiger charge is -2.14. The Balaban J connectivity index is 1.44. The van der Waals surface area contributed by atoms with Crippen LogP contribution in [0.4, 0.5) is 0 Å². The van der Waals surface area contributed by atoms with Crippen molar-refractivity contribution in [2.45, 2.75) is 0 Å². The number of carbonyl (C=O) groups excluding carboxylic acids is 1. The molecule has 3 aromatic rings. The maximum atomic E-state index is 12.3. The SMILES string of the molecule is COc1ccc(OCCOc2c(Cl)cc(C=C3N=C(c4ccccc4)OC3=O)cc2OC)cc1. The highest BCUT2D eigenvalue weighted by Gasteiger charge is 2.24. The maximum absolute atomic E-state index is 12.3. The average Bonchev–Trinajstić information content (AvgIpc) is 3.23. The summed E-state index contributed by atoms with van der Waals surface area (Å²) in [6.07, 6.45) is 1.59. The first-order valence-electron chi connectivity index (χ1n) is 10.4. The number of cyclic esters (lactones) is 1. The van der Waals surface area contributed by atoms with Gasteiger partial charge in [0.1, 0.15) is 24.7 Å². The van der Waals surface area contributed by atoms with Gasteiger partial charge in [-0.3, -0.25) is 0 Å². The molecular formula is C26H22ClNO6. The molecule has 7 nitrogen and oxygen atoms in total. The Bertz CT molecular complexity index is 1220. The van der Waals surface area contributed by atoms with Gasteiger partial charge in [-0.05, 0) is 60.2 Å². The van der Waals surface area contributed by atoms with Crippen molar-refractivity contribution in [3.05, 3.63) is 88.6 Å². The number of ether oxygens (including phenoxy) is 5. The van der Waals surface area contributed by atoms with E-state index >= 15 is 0 Å². The van der Waals surface area contributed by atoms with Crippen LogP contribution in [0.15, 0.2) is 77.4 Å². The van der Waals surface area contributed by atoms with Gasteiger partial charge in [-0.2, -0.15) is 0 Å². The fraction of sp³-hybridized carbons (Fsp3) is 0.154. The Hall–Kier alpha value is -3.97. The molecule has 0 unspecified atom stereocenters. The second kappa shape index (κ2) is 10.8. The lowest BCUT2D eigenvalue weighted by atomic mass is 10.1. The Morgan fingerprint density at radius 2 is 1.62 bits per heavy atom. The molecule has 174 valence electrons. The van der Waals surface area contributed by atoms with Crippen LogP contribution >= 0.6 is 11.6 Å². The summed E-state index contributed by atoms with van der Waals surface area (Å²) in [6.45, 7) is 0.556. The molecule has 3 aromatic carbocycles. The number of hydrogen-bond donors (Lipinski definition) is 0. The zero-order valence-electron chi connectivity index (χ0n) is 18.6. The minimum Gasteiger partial charge on any atom is -0.497 e. The molecular weight excluding hydrogens is 458 g/mol. The van der Waals surface area contributed by atoms with Crippen molar-refractivity contribution in [1.82, 2.24) is 0 Å². The predicted octanol–water partition coefficient (Wildman–Crippen LogP) is 5.16. The molecule has 0 spiro atoms. The molecule has 8 heteroatoms. The van der Waals surface area contributed by atoms with E-state index in [4.69, 9.17) is 35.3 Å². The van der Waals surface area contributed by atoms with Gasteiger partial charge in [-0.25, -0.2) is 9.79 Å². The van der Waals surface area contributed by atoms with Gasteiger partial charge in [0.05, 0.1) is 19.2 Å². The zero-order chi connectivity index (χ0) is 23.9. The minimum atomic E-state index is -0.537. The van der Waals surface area contributed by atoms with Crippen LogP contribution in [0.3, 0.4) is 0 Å². The molecule has 1 aliphatic heterocycles. The topological polar surface area (TPSA) is 75.6 Å². The van der Waals surface area contributed by atoms with Gasteiger partial charge in [0, 0.05) is 5.56 Å². The van der Waals surface area contributed by atoms with Gasteiger partial charge >= 0.3 is 5.97 Å². The first-order chi connectivity index (χ1) is 16.6. The number of esters is 1. The van der Waals surface area contributed by atoms with Gasteiger partial charge in [0.25, 0.3) is 0 Å². The summed E-state index contributed by atoms with van der Waals surface area (Å²) in [5, 5.41) is 0.328. The molecule has 0 radical (unpaired) electrons. The second-order valence-corrected chi connectivity index (χ2v) is 7.52. The lowest BCUT2D eigenvalue weighted by molar-refractivity contribution is -0.129. The molecule has 0 saturated heterocycles. The molecule has 0 aliphatic carbocycles. The molecule has 0 atom stereocenters. The normalized spacial score (nSPS) is 13.9. The zero-order valence-corrected chi connectivity index (χ0v) is 19.4. The van der Waals surface area contributed by atoms with E-state index in [1.165, 1.54) is 7.11 Å². The van der Waals surface area contributed by atoms with Crippen molar-refractivity contribution in [3.8, 4) is 23.0 Å². The van der Waals surface area contributed by atoms with Gasteiger partial charge in [0.2, 0.25) is 5.90 Å². The van der Waals surface area contributed by atoms with Crippen LogP contribution < -0.4 is 18.9 Å². The van der Waals surface area contributed by atoms with Crippen LogP contribution in [0.5, 0.6) is 23.0 Å². The monoisotopic (exact) mass is 479 g/mol. The largest absolute Gasteiger partial charge is 0.497 e. The lowest BCUT2D eigenvalue weighted by Crippen LogP contribution is -2.10. The second-order valence-electron chi connectivity index (χ2n) is 7.11. The first kappa shape index (κ1) is 23.2. The van der Waals surface area contributed by atoms with Crippen molar-refractivity contribution < 1.29 is 28.5 Å². The molecule has 34 heavy (non-hydrogen) atoms. The van der Waals surface area contributed by atoms with Crippen molar-refractivity contribution in [3.63, 3.8) is 0 Å². The number of methoxy groups -OCH3 is 2. The van der Waals surface area contributed by atoms with Gasteiger partial charge < -0.3 is 23.7 Å². The summed E-state index contributed by atoms with van der Waals surface area (Å²) in [5.41, 5.74) is 1.50. The number of carbonyl (C=O) groups is 1. The van der Waals surface area contributed by atoms with E-state index in [0.717, 1.165) is 11.3 Å². The number of benzene rings is 3. The van der Waals surface area contributed by atoms with E-state index in [1.54, 1.807) is 25.3 Å². The number of halogens is 1. The third kappa shape index (κ3) is 5.50. The van der Waals surface area contributed by atoms with Crippen LogP contribution in [0, 0.1) is 0 Å².